The lowest BCUT2D eigenvalue weighted by atomic mass is 10.0. The molecule has 1 heterocycles. The average molecular weight is 158 g/mol. The first kappa shape index (κ1) is 8.97. The maximum Gasteiger partial charge on any atom is 0.0682 e. The third kappa shape index (κ3) is 3.70. The number of nitrogens with one attached hydrogen (secondary N) is 2. The normalized spacial score (nSPS) is 24.3. The fourth-order valence-electron chi connectivity index (χ4n) is 1.51. The van der Waals surface area contributed by atoms with Gasteiger partial charge in [-0.25, -0.2) is 5.48 Å². The van der Waals surface area contributed by atoms with E-state index in [1.807, 2.05) is 0 Å². The largest absolute Gasteiger partial charge is 0.316 e. The van der Waals surface area contributed by atoms with Crippen molar-refractivity contribution in [2.24, 2.45) is 5.92 Å². The molecule has 0 spiro atoms. The Bertz CT molecular complexity index is 92.1. The fourth-order valence-corrected chi connectivity index (χ4v) is 1.51. The Balaban J connectivity index is 1.86. The molecule has 2 N–H and O–H groups in total. The summed E-state index contributed by atoms with van der Waals surface area (Å²) in [5, 5.41) is 3.36. The van der Waals surface area contributed by atoms with Crippen LogP contribution in [0.4, 0.5) is 0 Å². The standard InChI is InChI=1S/C8H18N2O/c1-9-11-6-2-3-8-4-5-10-7-8/h8-10H,2-7H2,1H3. The molecule has 0 bridgehead atoms. The predicted molar refractivity (Wildman–Crippen MR) is 45.2 cm³/mol. The minimum Gasteiger partial charge on any atom is -0.316 e. The lowest BCUT2D eigenvalue weighted by molar-refractivity contribution is 0.0535. The van der Waals surface area contributed by atoms with E-state index in [0.717, 1.165) is 12.5 Å². The molecule has 0 aromatic rings. The van der Waals surface area contributed by atoms with E-state index in [0.29, 0.717) is 0 Å². The fraction of sp³-hybridized carbons (Fsp3) is 1.00. The van der Waals surface area contributed by atoms with E-state index in [1.165, 1.54) is 32.4 Å². The van der Waals surface area contributed by atoms with Crippen molar-refractivity contribution in [3.8, 4) is 0 Å². The molecule has 66 valence electrons. The van der Waals surface area contributed by atoms with E-state index in [-0.39, 0.29) is 0 Å². The Morgan fingerprint density at radius 2 is 2.55 bits per heavy atom. The first-order valence-electron chi connectivity index (χ1n) is 4.42. The van der Waals surface area contributed by atoms with Crippen LogP contribution in [0.3, 0.4) is 0 Å². The zero-order chi connectivity index (χ0) is 7.94. The topological polar surface area (TPSA) is 33.3 Å². The van der Waals surface area contributed by atoms with Crippen molar-refractivity contribution < 1.29 is 4.84 Å². The SMILES string of the molecule is CNOCCCC1CCNC1. The van der Waals surface area contributed by atoms with Crippen molar-refractivity contribution in [3.05, 3.63) is 0 Å². The van der Waals surface area contributed by atoms with Crippen LogP contribution in [0.15, 0.2) is 0 Å². The van der Waals surface area contributed by atoms with Gasteiger partial charge in [0, 0.05) is 7.05 Å². The molecule has 1 atom stereocenters. The minimum atomic E-state index is 0.840. The van der Waals surface area contributed by atoms with Gasteiger partial charge in [0.1, 0.15) is 0 Å². The molecule has 1 aliphatic rings. The van der Waals surface area contributed by atoms with Gasteiger partial charge in [-0.05, 0) is 38.3 Å². The molecule has 1 rings (SSSR count). The molecule has 0 saturated carbocycles. The van der Waals surface area contributed by atoms with Gasteiger partial charge in [0.25, 0.3) is 0 Å². The first-order chi connectivity index (χ1) is 5.43. The molecule has 0 aromatic carbocycles. The number of hydrogen-bond donors (Lipinski definition) is 2. The summed E-state index contributed by atoms with van der Waals surface area (Å²) in [7, 11) is 1.80. The molecule has 0 amide bonds. The second-order valence-electron chi connectivity index (χ2n) is 3.05. The zero-order valence-corrected chi connectivity index (χ0v) is 7.23. The highest BCUT2D eigenvalue weighted by molar-refractivity contribution is 4.70. The monoisotopic (exact) mass is 158 g/mol. The molecule has 11 heavy (non-hydrogen) atoms. The minimum absolute atomic E-state index is 0.840. The number of rotatable bonds is 5. The van der Waals surface area contributed by atoms with Crippen LogP contribution in [0.5, 0.6) is 0 Å². The molecule has 3 heteroatoms. The number of hydrogen-bond acceptors (Lipinski definition) is 3. The van der Waals surface area contributed by atoms with Crippen molar-refractivity contribution in [1.82, 2.24) is 10.8 Å². The summed E-state index contributed by atoms with van der Waals surface area (Å²) in [4.78, 5) is 5.02. The van der Waals surface area contributed by atoms with Crippen LogP contribution in [0.25, 0.3) is 0 Å². The summed E-state index contributed by atoms with van der Waals surface area (Å²) >= 11 is 0. The van der Waals surface area contributed by atoms with Crippen LogP contribution in [0.2, 0.25) is 0 Å². The molecular formula is C8H18N2O. The van der Waals surface area contributed by atoms with Crippen LogP contribution in [-0.4, -0.2) is 26.7 Å². The summed E-state index contributed by atoms with van der Waals surface area (Å²) in [5.41, 5.74) is 2.68. The summed E-state index contributed by atoms with van der Waals surface area (Å²) in [6, 6.07) is 0. The maximum atomic E-state index is 5.02. The lowest BCUT2D eigenvalue weighted by Crippen LogP contribution is -2.11. The van der Waals surface area contributed by atoms with E-state index in [2.05, 4.69) is 10.8 Å². The van der Waals surface area contributed by atoms with Crippen molar-refractivity contribution in [2.45, 2.75) is 19.3 Å². The predicted octanol–water partition coefficient (Wildman–Crippen LogP) is 0.527. The van der Waals surface area contributed by atoms with Crippen LogP contribution in [0.1, 0.15) is 19.3 Å². The Morgan fingerprint density at radius 3 is 3.18 bits per heavy atom. The average Bonchev–Trinajstić information content (AvgIpc) is 2.50. The quantitative estimate of drug-likeness (QED) is 0.452. The van der Waals surface area contributed by atoms with E-state index in [1.54, 1.807) is 7.05 Å². The van der Waals surface area contributed by atoms with Gasteiger partial charge in [-0.1, -0.05) is 0 Å². The summed E-state index contributed by atoms with van der Waals surface area (Å²) in [5.74, 6) is 0.899. The second-order valence-corrected chi connectivity index (χ2v) is 3.05. The Labute approximate surface area is 68.5 Å². The summed E-state index contributed by atoms with van der Waals surface area (Å²) in [6.45, 7) is 3.25. The Kier molecular flexibility index (Phi) is 4.50. The molecule has 0 radical (unpaired) electrons. The Morgan fingerprint density at radius 1 is 1.64 bits per heavy atom. The summed E-state index contributed by atoms with van der Waals surface area (Å²) < 4.78 is 0. The molecular weight excluding hydrogens is 140 g/mol. The van der Waals surface area contributed by atoms with E-state index < -0.39 is 0 Å². The molecule has 0 aliphatic carbocycles. The van der Waals surface area contributed by atoms with Crippen molar-refractivity contribution in [2.75, 3.05) is 26.7 Å². The van der Waals surface area contributed by atoms with Crippen LogP contribution in [0, 0.1) is 5.92 Å². The summed E-state index contributed by atoms with van der Waals surface area (Å²) in [6.07, 6.45) is 3.82. The van der Waals surface area contributed by atoms with Crippen LogP contribution in [-0.2, 0) is 4.84 Å². The van der Waals surface area contributed by atoms with Gasteiger partial charge in [-0.15, -0.1) is 0 Å². The van der Waals surface area contributed by atoms with E-state index in [4.69, 9.17) is 4.84 Å². The molecule has 1 saturated heterocycles. The second kappa shape index (κ2) is 5.52. The van der Waals surface area contributed by atoms with Crippen LogP contribution < -0.4 is 10.8 Å². The smallest absolute Gasteiger partial charge is 0.0682 e. The van der Waals surface area contributed by atoms with Gasteiger partial charge in [0.05, 0.1) is 6.61 Å². The molecule has 3 nitrogen and oxygen atoms in total. The maximum absolute atomic E-state index is 5.02. The highest BCUT2D eigenvalue weighted by Gasteiger charge is 2.12. The molecule has 0 aromatic heterocycles. The highest BCUT2D eigenvalue weighted by atomic mass is 16.6. The first-order valence-corrected chi connectivity index (χ1v) is 4.42. The van der Waals surface area contributed by atoms with E-state index >= 15 is 0 Å². The van der Waals surface area contributed by atoms with E-state index in [9.17, 15) is 0 Å². The third-order valence-corrected chi connectivity index (χ3v) is 2.17. The van der Waals surface area contributed by atoms with Crippen LogP contribution >= 0.6 is 0 Å². The van der Waals surface area contributed by atoms with Gasteiger partial charge in [-0.2, -0.15) is 0 Å². The van der Waals surface area contributed by atoms with Gasteiger partial charge in [0.15, 0.2) is 0 Å². The van der Waals surface area contributed by atoms with Gasteiger partial charge in [-0.3, -0.25) is 0 Å². The molecule has 1 aliphatic heterocycles. The van der Waals surface area contributed by atoms with Crippen molar-refractivity contribution >= 4 is 0 Å². The third-order valence-electron chi connectivity index (χ3n) is 2.17. The highest BCUT2D eigenvalue weighted by Crippen LogP contribution is 2.13. The molecule has 1 unspecified atom stereocenters. The van der Waals surface area contributed by atoms with Crippen molar-refractivity contribution in [3.63, 3.8) is 0 Å². The van der Waals surface area contributed by atoms with Crippen molar-refractivity contribution in [1.29, 1.82) is 0 Å². The van der Waals surface area contributed by atoms with Gasteiger partial charge < -0.3 is 10.2 Å². The zero-order valence-electron chi connectivity index (χ0n) is 7.23. The Hall–Kier alpha value is -0.120. The molecule has 1 fully saturated rings. The lowest BCUT2D eigenvalue weighted by Gasteiger charge is -2.06. The van der Waals surface area contributed by atoms with Gasteiger partial charge >= 0.3 is 0 Å². The number of hydroxylamine groups is 1. The van der Waals surface area contributed by atoms with Gasteiger partial charge in [0.2, 0.25) is 0 Å².